The molecule has 1 aromatic carbocycles. The third kappa shape index (κ3) is 2.70. The normalized spacial score (nSPS) is 19.9. The molecule has 1 heterocycles. The van der Waals surface area contributed by atoms with E-state index in [0.29, 0.717) is 13.1 Å². The van der Waals surface area contributed by atoms with Crippen LogP contribution in [0.25, 0.3) is 0 Å². The van der Waals surface area contributed by atoms with E-state index in [1.807, 2.05) is 19.1 Å². The molecule has 1 aliphatic heterocycles. The summed E-state index contributed by atoms with van der Waals surface area (Å²) in [6.07, 6.45) is 0.820. The summed E-state index contributed by atoms with van der Waals surface area (Å²) in [6, 6.07) is 7.88. The maximum atomic E-state index is 11.7. The van der Waals surface area contributed by atoms with Crippen LogP contribution in [0.5, 0.6) is 0 Å². The molecule has 1 N–H and O–H groups in total. The Morgan fingerprint density at radius 2 is 2.06 bits per heavy atom. The zero-order valence-electron chi connectivity index (χ0n) is 10.8. The number of aryl methyl sites for hydroxylation is 1. The molecule has 0 saturated carbocycles. The first-order valence-electron chi connectivity index (χ1n) is 6.22. The fourth-order valence-corrected chi connectivity index (χ4v) is 2.14. The van der Waals surface area contributed by atoms with Gasteiger partial charge in [-0.1, -0.05) is 31.2 Å². The van der Waals surface area contributed by atoms with E-state index in [1.165, 1.54) is 11.1 Å². The van der Waals surface area contributed by atoms with Crippen LogP contribution < -0.4 is 5.32 Å². The summed E-state index contributed by atoms with van der Waals surface area (Å²) in [6.45, 7) is 5.06. The number of carbonyl (C=O) groups is 2. The number of rotatable bonds is 3. The van der Waals surface area contributed by atoms with Crippen molar-refractivity contribution in [1.29, 1.82) is 0 Å². The van der Waals surface area contributed by atoms with Crippen molar-refractivity contribution in [3.63, 3.8) is 0 Å². The lowest BCUT2D eigenvalue weighted by Gasteiger charge is -2.30. The van der Waals surface area contributed by atoms with E-state index >= 15 is 0 Å². The van der Waals surface area contributed by atoms with Crippen LogP contribution in [0, 0.1) is 12.8 Å². The monoisotopic (exact) mass is 246 g/mol. The molecule has 1 fully saturated rings. The van der Waals surface area contributed by atoms with Crippen LogP contribution in [0.3, 0.4) is 0 Å². The van der Waals surface area contributed by atoms with Gasteiger partial charge in [-0.15, -0.1) is 0 Å². The standard InChI is InChI=1S/C14H18N2O2/c1-10-5-3-4-6-12(10)7-8-16-9-11(2)13(17)15-14(16)18/h3-6,11H,7-9H2,1-2H3,(H,15,17,18). The Bertz CT molecular complexity index is 471. The minimum Gasteiger partial charge on any atom is -0.323 e. The van der Waals surface area contributed by atoms with Gasteiger partial charge in [0.25, 0.3) is 0 Å². The Kier molecular flexibility index (Phi) is 3.65. The summed E-state index contributed by atoms with van der Waals surface area (Å²) in [7, 11) is 0. The van der Waals surface area contributed by atoms with Gasteiger partial charge in [0, 0.05) is 13.1 Å². The second-order valence-corrected chi connectivity index (χ2v) is 4.82. The Labute approximate surface area is 107 Å². The van der Waals surface area contributed by atoms with Crippen molar-refractivity contribution in [2.45, 2.75) is 20.3 Å². The minimum absolute atomic E-state index is 0.125. The molecule has 4 heteroatoms. The van der Waals surface area contributed by atoms with Crippen molar-refractivity contribution in [3.8, 4) is 0 Å². The number of nitrogens with one attached hydrogen (secondary N) is 1. The van der Waals surface area contributed by atoms with E-state index in [0.717, 1.165) is 6.42 Å². The third-order valence-corrected chi connectivity index (χ3v) is 3.37. The predicted octanol–water partition coefficient (Wildman–Crippen LogP) is 1.73. The highest BCUT2D eigenvalue weighted by atomic mass is 16.2. The molecule has 1 aliphatic rings. The summed E-state index contributed by atoms with van der Waals surface area (Å²) in [4.78, 5) is 24.7. The SMILES string of the molecule is Cc1ccccc1CCN1CC(C)C(=O)NC1=O. The molecule has 0 spiro atoms. The number of amides is 3. The van der Waals surface area contributed by atoms with Gasteiger partial charge < -0.3 is 4.90 Å². The number of benzene rings is 1. The molecule has 0 aliphatic carbocycles. The number of nitrogens with zero attached hydrogens (tertiary/aromatic N) is 1. The fourth-order valence-electron chi connectivity index (χ4n) is 2.14. The average molecular weight is 246 g/mol. The molecule has 0 bridgehead atoms. The van der Waals surface area contributed by atoms with Crippen LogP contribution in [-0.2, 0) is 11.2 Å². The topological polar surface area (TPSA) is 49.4 Å². The lowest BCUT2D eigenvalue weighted by Crippen LogP contribution is -2.54. The molecule has 2 rings (SSSR count). The molecule has 1 saturated heterocycles. The summed E-state index contributed by atoms with van der Waals surface area (Å²) in [5.41, 5.74) is 2.48. The van der Waals surface area contributed by atoms with E-state index in [9.17, 15) is 9.59 Å². The van der Waals surface area contributed by atoms with Gasteiger partial charge in [-0.05, 0) is 24.5 Å². The van der Waals surface area contributed by atoms with Crippen LogP contribution in [0.2, 0.25) is 0 Å². The van der Waals surface area contributed by atoms with Crippen LogP contribution in [0.15, 0.2) is 24.3 Å². The Morgan fingerprint density at radius 1 is 1.33 bits per heavy atom. The van der Waals surface area contributed by atoms with Crippen molar-refractivity contribution in [3.05, 3.63) is 35.4 Å². The number of urea groups is 1. The van der Waals surface area contributed by atoms with Crippen LogP contribution in [-0.4, -0.2) is 29.9 Å². The summed E-state index contributed by atoms with van der Waals surface area (Å²) in [5, 5.41) is 2.38. The molecule has 1 atom stereocenters. The van der Waals surface area contributed by atoms with Gasteiger partial charge in [-0.3, -0.25) is 10.1 Å². The molecular weight excluding hydrogens is 228 g/mol. The molecule has 3 amide bonds. The zero-order valence-corrected chi connectivity index (χ0v) is 10.8. The van der Waals surface area contributed by atoms with Gasteiger partial charge in [0.15, 0.2) is 0 Å². The van der Waals surface area contributed by atoms with Gasteiger partial charge in [0.2, 0.25) is 5.91 Å². The predicted molar refractivity (Wildman–Crippen MR) is 69.2 cm³/mol. The lowest BCUT2D eigenvalue weighted by atomic mass is 10.0. The lowest BCUT2D eigenvalue weighted by molar-refractivity contribution is -0.125. The average Bonchev–Trinajstić information content (AvgIpc) is 2.34. The van der Waals surface area contributed by atoms with Crippen molar-refractivity contribution >= 4 is 11.9 Å². The zero-order chi connectivity index (χ0) is 13.1. The number of imide groups is 1. The Balaban J connectivity index is 1.96. The van der Waals surface area contributed by atoms with Gasteiger partial charge in [0.05, 0.1) is 5.92 Å². The van der Waals surface area contributed by atoms with E-state index < -0.39 is 0 Å². The van der Waals surface area contributed by atoms with Crippen LogP contribution in [0.1, 0.15) is 18.1 Å². The highest BCUT2D eigenvalue weighted by molar-refractivity contribution is 5.97. The highest BCUT2D eigenvalue weighted by Crippen LogP contribution is 2.11. The first kappa shape index (κ1) is 12.6. The maximum Gasteiger partial charge on any atom is 0.324 e. The van der Waals surface area contributed by atoms with E-state index in [4.69, 9.17) is 0 Å². The van der Waals surface area contributed by atoms with Crippen molar-refractivity contribution < 1.29 is 9.59 Å². The molecule has 4 nitrogen and oxygen atoms in total. The van der Waals surface area contributed by atoms with E-state index in [-0.39, 0.29) is 17.9 Å². The second kappa shape index (κ2) is 5.21. The van der Waals surface area contributed by atoms with Crippen molar-refractivity contribution in [2.75, 3.05) is 13.1 Å². The third-order valence-electron chi connectivity index (χ3n) is 3.37. The quantitative estimate of drug-likeness (QED) is 0.883. The first-order valence-corrected chi connectivity index (χ1v) is 6.22. The number of hydrogen-bond donors (Lipinski definition) is 1. The van der Waals surface area contributed by atoms with Crippen LogP contribution >= 0.6 is 0 Å². The smallest absolute Gasteiger partial charge is 0.323 e. The van der Waals surface area contributed by atoms with Gasteiger partial charge in [-0.25, -0.2) is 4.79 Å². The first-order chi connectivity index (χ1) is 8.58. The summed E-state index contributed by atoms with van der Waals surface area (Å²) >= 11 is 0. The molecule has 18 heavy (non-hydrogen) atoms. The molecule has 0 radical (unpaired) electrons. The van der Waals surface area contributed by atoms with Gasteiger partial charge in [-0.2, -0.15) is 0 Å². The molecule has 0 aromatic heterocycles. The van der Waals surface area contributed by atoms with Gasteiger partial charge >= 0.3 is 6.03 Å². The van der Waals surface area contributed by atoms with E-state index in [2.05, 4.69) is 24.4 Å². The molecule has 1 aromatic rings. The Morgan fingerprint density at radius 3 is 2.78 bits per heavy atom. The molecular formula is C14H18N2O2. The van der Waals surface area contributed by atoms with Crippen LogP contribution in [0.4, 0.5) is 4.79 Å². The Hall–Kier alpha value is -1.84. The maximum absolute atomic E-state index is 11.7. The van der Waals surface area contributed by atoms with Gasteiger partial charge in [0.1, 0.15) is 0 Å². The molecule has 96 valence electrons. The number of hydrogen-bond acceptors (Lipinski definition) is 2. The van der Waals surface area contributed by atoms with Crippen molar-refractivity contribution in [2.24, 2.45) is 5.92 Å². The largest absolute Gasteiger partial charge is 0.324 e. The minimum atomic E-state index is -0.272. The summed E-state index contributed by atoms with van der Waals surface area (Å²) < 4.78 is 0. The number of carbonyl (C=O) groups excluding carboxylic acids is 2. The van der Waals surface area contributed by atoms with Crippen molar-refractivity contribution in [1.82, 2.24) is 10.2 Å². The van der Waals surface area contributed by atoms with E-state index in [1.54, 1.807) is 4.90 Å². The summed E-state index contributed by atoms with van der Waals surface area (Å²) in [5.74, 6) is -0.299. The molecule has 1 unspecified atom stereocenters. The second-order valence-electron chi connectivity index (χ2n) is 4.82. The highest BCUT2D eigenvalue weighted by Gasteiger charge is 2.28. The fraction of sp³-hybridized carbons (Fsp3) is 0.429.